The molecule has 0 amide bonds. The predicted molar refractivity (Wildman–Crippen MR) is 84.2 cm³/mol. The Labute approximate surface area is 126 Å². The van der Waals surface area contributed by atoms with Crippen LogP contribution in [0, 0.1) is 5.92 Å². The third-order valence-corrected chi connectivity index (χ3v) is 4.27. The van der Waals surface area contributed by atoms with Gasteiger partial charge < -0.3 is 14.5 Å². The molecule has 0 radical (unpaired) electrons. The highest BCUT2D eigenvalue weighted by molar-refractivity contribution is 5.82. The predicted octanol–water partition coefficient (Wildman–Crippen LogP) is 2.62. The summed E-state index contributed by atoms with van der Waals surface area (Å²) in [7, 11) is 3.75. The molecule has 2 aromatic rings. The lowest BCUT2D eigenvalue weighted by atomic mass is 10.1. The number of fused-ring (bicyclic) bond motifs is 1. The van der Waals surface area contributed by atoms with Crippen molar-refractivity contribution in [3.8, 4) is 0 Å². The molecule has 1 aromatic heterocycles. The Kier molecular flexibility index (Phi) is 4.58. The molecule has 1 unspecified atom stereocenters. The van der Waals surface area contributed by atoms with E-state index in [1.54, 1.807) is 7.11 Å². The second-order valence-electron chi connectivity index (χ2n) is 5.88. The van der Waals surface area contributed by atoms with Crippen LogP contribution in [-0.4, -0.2) is 38.8 Å². The quantitative estimate of drug-likeness (QED) is 0.886. The summed E-state index contributed by atoms with van der Waals surface area (Å²) < 4.78 is 11.3. The van der Waals surface area contributed by atoms with Crippen LogP contribution < -0.4 is 5.32 Å². The van der Waals surface area contributed by atoms with Gasteiger partial charge >= 0.3 is 0 Å². The van der Waals surface area contributed by atoms with Crippen LogP contribution in [0.3, 0.4) is 0 Å². The van der Waals surface area contributed by atoms with Gasteiger partial charge in [-0.25, -0.2) is 0 Å². The van der Waals surface area contributed by atoms with E-state index < -0.39 is 0 Å². The second-order valence-corrected chi connectivity index (χ2v) is 5.88. The monoisotopic (exact) mass is 288 g/mol. The van der Waals surface area contributed by atoms with Crippen LogP contribution in [0.5, 0.6) is 0 Å². The summed E-state index contributed by atoms with van der Waals surface area (Å²) in [5.41, 5.74) is 2.32. The molecule has 1 aliphatic rings. The molecular weight excluding hydrogens is 264 g/mol. The normalized spacial score (nSPS) is 19.6. The zero-order valence-electron chi connectivity index (χ0n) is 12.9. The van der Waals surface area contributed by atoms with E-state index >= 15 is 0 Å². The molecule has 1 saturated heterocycles. The van der Waals surface area contributed by atoms with Gasteiger partial charge in [-0.05, 0) is 32.0 Å². The highest BCUT2D eigenvalue weighted by atomic mass is 16.5. The van der Waals surface area contributed by atoms with E-state index in [-0.39, 0.29) is 0 Å². The molecule has 3 rings (SSSR count). The zero-order chi connectivity index (χ0) is 14.7. The molecule has 1 aliphatic heterocycles. The lowest BCUT2D eigenvalue weighted by Crippen LogP contribution is -2.22. The number of hydrogen-bond acceptors (Lipinski definition) is 4. The molecular formula is C17H24N2O2. The van der Waals surface area contributed by atoms with E-state index in [1.807, 2.05) is 13.1 Å². The van der Waals surface area contributed by atoms with Gasteiger partial charge in [0.15, 0.2) is 0 Å². The van der Waals surface area contributed by atoms with Crippen molar-refractivity contribution in [2.75, 3.05) is 33.9 Å². The number of nitrogens with one attached hydrogen (secondary N) is 1. The zero-order valence-corrected chi connectivity index (χ0v) is 12.9. The molecule has 1 fully saturated rings. The molecule has 4 heteroatoms. The van der Waals surface area contributed by atoms with Crippen molar-refractivity contribution in [2.24, 2.45) is 5.92 Å². The average Bonchev–Trinajstić information content (AvgIpc) is 3.06. The number of para-hydroxylation sites is 1. The first kappa shape index (κ1) is 14.6. The maximum atomic E-state index is 6.01. The minimum Gasteiger partial charge on any atom is -0.459 e. The molecule has 1 aromatic carbocycles. The summed E-state index contributed by atoms with van der Waals surface area (Å²) >= 11 is 0. The smallest absolute Gasteiger partial charge is 0.134 e. The fourth-order valence-corrected chi connectivity index (χ4v) is 3.28. The molecule has 21 heavy (non-hydrogen) atoms. The third-order valence-electron chi connectivity index (χ3n) is 4.27. The Bertz CT molecular complexity index is 593. The van der Waals surface area contributed by atoms with Crippen molar-refractivity contribution >= 4 is 11.0 Å². The fraction of sp³-hybridized carbons (Fsp3) is 0.529. The van der Waals surface area contributed by atoms with Crippen molar-refractivity contribution in [1.29, 1.82) is 0 Å². The van der Waals surface area contributed by atoms with E-state index in [1.165, 1.54) is 17.4 Å². The molecule has 1 N–H and O–H groups in total. The number of methoxy groups -OCH3 is 1. The van der Waals surface area contributed by atoms with Gasteiger partial charge in [-0.2, -0.15) is 0 Å². The van der Waals surface area contributed by atoms with Crippen LogP contribution in [0.15, 0.2) is 28.7 Å². The van der Waals surface area contributed by atoms with Crippen molar-refractivity contribution < 1.29 is 9.15 Å². The van der Waals surface area contributed by atoms with Gasteiger partial charge in [-0.15, -0.1) is 0 Å². The van der Waals surface area contributed by atoms with Gasteiger partial charge in [-0.1, -0.05) is 18.2 Å². The van der Waals surface area contributed by atoms with E-state index in [9.17, 15) is 0 Å². The maximum absolute atomic E-state index is 6.01. The SMILES string of the molecule is CNCc1oc2ccccc2c1CN1CCC(COC)C1. The molecule has 1 atom stereocenters. The molecule has 114 valence electrons. The Morgan fingerprint density at radius 1 is 1.38 bits per heavy atom. The molecule has 4 nitrogen and oxygen atoms in total. The molecule has 0 spiro atoms. The van der Waals surface area contributed by atoms with Gasteiger partial charge in [0.2, 0.25) is 0 Å². The van der Waals surface area contributed by atoms with Crippen LogP contribution in [0.25, 0.3) is 11.0 Å². The number of rotatable bonds is 6. The maximum Gasteiger partial charge on any atom is 0.134 e. The van der Waals surface area contributed by atoms with E-state index in [0.29, 0.717) is 5.92 Å². The Balaban J connectivity index is 1.81. The first-order valence-electron chi connectivity index (χ1n) is 7.67. The van der Waals surface area contributed by atoms with E-state index in [0.717, 1.165) is 44.1 Å². The summed E-state index contributed by atoms with van der Waals surface area (Å²) in [6.07, 6.45) is 1.23. The molecule has 0 aliphatic carbocycles. The number of furan rings is 1. The molecule has 0 saturated carbocycles. The summed E-state index contributed by atoms with van der Waals surface area (Å²) in [6, 6.07) is 8.33. The van der Waals surface area contributed by atoms with Gasteiger partial charge in [0.05, 0.1) is 13.2 Å². The van der Waals surface area contributed by atoms with Crippen molar-refractivity contribution in [3.63, 3.8) is 0 Å². The lowest BCUT2D eigenvalue weighted by molar-refractivity contribution is 0.152. The minimum absolute atomic E-state index is 0.668. The standard InChI is InChI=1S/C17H24N2O2/c1-18-9-17-15(14-5-3-4-6-16(14)21-17)11-19-8-7-13(10-19)12-20-2/h3-6,13,18H,7-12H2,1-2H3. The Morgan fingerprint density at radius 2 is 2.24 bits per heavy atom. The number of ether oxygens (including phenoxy) is 1. The summed E-state index contributed by atoms with van der Waals surface area (Å²) in [5.74, 6) is 1.73. The van der Waals surface area contributed by atoms with Gasteiger partial charge in [0.1, 0.15) is 11.3 Å². The van der Waals surface area contributed by atoms with Crippen molar-refractivity contribution in [2.45, 2.75) is 19.5 Å². The summed E-state index contributed by atoms with van der Waals surface area (Å²) in [4.78, 5) is 2.51. The number of hydrogen-bond donors (Lipinski definition) is 1. The van der Waals surface area contributed by atoms with Crippen LogP contribution in [-0.2, 0) is 17.8 Å². The largest absolute Gasteiger partial charge is 0.459 e. The molecule has 0 bridgehead atoms. The number of nitrogens with zero attached hydrogens (tertiary/aromatic N) is 1. The first-order chi connectivity index (χ1) is 10.3. The summed E-state index contributed by atoms with van der Waals surface area (Å²) in [6.45, 7) is 4.87. The van der Waals surface area contributed by atoms with Gasteiger partial charge in [0, 0.05) is 31.1 Å². The highest BCUT2D eigenvalue weighted by Crippen LogP contribution is 2.29. The number of benzene rings is 1. The van der Waals surface area contributed by atoms with Crippen molar-refractivity contribution in [3.05, 3.63) is 35.6 Å². The summed E-state index contributed by atoms with van der Waals surface area (Å²) in [5, 5.41) is 4.46. The Morgan fingerprint density at radius 3 is 3.05 bits per heavy atom. The number of likely N-dealkylation sites (tertiary alicyclic amines) is 1. The van der Waals surface area contributed by atoms with Crippen LogP contribution in [0.2, 0.25) is 0 Å². The van der Waals surface area contributed by atoms with Crippen LogP contribution in [0.1, 0.15) is 17.7 Å². The topological polar surface area (TPSA) is 37.6 Å². The van der Waals surface area contributed by atoms with Gasteiger partial charge in [-0.3, -0.25) is 4.90 Å². The van der Waals surface area contributed by atoms with E-state index in [2.05, 4.69) is 28.4 Å². The van der Waals surface area contributed by atoms with Gasteiger partial charge in [0.25, 0.3) is 0 Å². The minimum atomic E-state index is 0.668. The highest BCUT2D eigenvalue weighted by Gasteiger charge is 2.24. The van der Waals surface area contributed by atoms with Crippen LogP contribution >= 0.6 is 0 Å². The van der Waals surface area contributed by atoms with Crippen LogP contribution in [0.4, 0.5) is 0 Å². The first-order valence-corrected chi connectivity index (χ1v) is 7.67. The average molecular weight is 288 g/mol. The van der Waals surface area contributed by atoms with E-state index in [4.69, 9.17) is 9.15 Å². The molecule has 2 heterocycles. The lowest BCUT2D eigenvalue weighted by Gasteiger charge is -2.16. The fourth-order valence-electron chi connectivity index (χ4n) is 3.28. The third kappa shape index (κ3) is 3.12. The van der Waals surface area contributed by atoms with Crippen molar-refractivity contribution in [1.82, 2.24) is 10.2 Å². The Hall–Kier alpha value is -1.36. The second kappa shape index (κ2) is 6.60.